The summed E-state index contributed by atoms with van der Waals surface area (Å²) in [6, 6.07) is 0. The van der Waals surface area contributed by atoms with Crippen LogP contribution in [-0.4, -0.2) is 0 Å². The number of rotatable bonds is 0. The quantitative estimate of drug-likeness (QED) is 0.483. The van der Waals surface area contributed by atoms with Crippen LogP contribution in [0.4, 0.5) is 0 Å². The lowest BCUT2D eigenvalue weighted by Crippen LogP contribution is -1.71. The van der Waals surface area contributed by atoms with Gasteiger partial charge in [0.05, 0.1) is 0 Å². The summed E-state index contributed by atoms with van der Waals surface area (Å²) in [5.74, 6) is 0. The summed E-state index contributed by atoms with van der Waals surface area (Å²) in [7, 11) is 0. The third kappa shape index (κ3) is 6.15. The van der Waals surface area contributed by atoms with Crippen LogP contribution in [0.25, 0.3) is 0 Å². The van der Waals surface area contributed by atoms with Crippen molar-refractivity contribution in [1.82, 2.24) is 0 Å². The lowest BCUT2D eigenvalue weighted by Gasteiger charge is -1.91. The molecule has 0 aromatic heterocycles. The topological polar surface area (TPSA) is 0 Å². The minimum atomic E-state index is 1.06. The van der Waals surface area contributed by atoms with Crippen LogP contribution in [0.5, 0.6) is 0 Å². The van der Waals surface area contributed by atoms with Crippen LogP contribution in [0.2, 0.25) is 0 Å². The third-order valence-corrected chi connectivity index (χ3v) is 2.04. The standard InChI is InChI=1S/C13H18/c1-2-4-6-8-10-12-13-11-9-7-5-3-1/h1-6,9,11H,7-8,10,12-13H2/b2-1+,5-3-,6-4-,11-9-. The Balaban J connectivity index is 2.38. The van der Waals surface area contributed by atoms with Gasteiger partial charge in [0.15, 0.2) is 0 Å². The van der Waals surface area contributed by atoms with Gasteiger partial charge in [-0.15, -0.1) is 0 Å². The Hall–Kier alpha value is -1.04. The van der Waals surface area contributed by atoms with Crippen LogP contribution < -0.4 is 0 Å². The largest absolute Gasteiger partial charge is 0.0882 e. The van der Waals surface area contributed by atoms with E-state index in [1.54, 1.807) is 0 Å². The van der Waals surface area contributed by atoms with E-state index in [-0.39, 0.29) is 0 Å². The van der Waals surface area contributed by atoms with Gasteiger partial charge < -0.3 is 0 Å². The summed E-state index contributed by atoms with van der Waals surface area (Å²) in [6.45, 7) is 0. The average Bonchev–Trinajstić information content (AvgIpc) is 2.18. The molecular formula is C13H18. The maximum Gasteiger partial charge on any atom is -0.0166 e. The molecule has 0 fully saturated rings. The fraction of sp³-hybridized carbons (Fsp3) is 0.385. The second-order valence-electron chi connectivity index (χ2n) is 3.23. The molecule has 0 spiro atoms. The Bertz CT molecular complexity index is 216. The van der Waals surface area contributed by atoms with E-state index in [0.717, 1.165) is 6.42 Å². The highest BCUT2D eigenvalue weighted by Crippen LogP contribution is 2.03. The molecule has 0 amide bonds. The highest BCUT2D eigenvalue weighted by atomic mass is 13.9. The van der Waals surface area contributed by atoms with E-state index in [9.17, 15) is 0 Å². The highest BCUT2D eigenvalue weighted by Gasteiger charge is 1.83. The van der Waals surface area contributed by atoms with Crippen molar-refractivity contribution in [3.63, 3.8) is 0 Å². The molecule has 0 saturated heterocycles. The molecule has 0 N–H and O–H groups in total. The van der Waals surface area contributed by atoms with Gasteiger partial charge in [-0.3, -0.25) is 0 Å². The first-order chi connectivity index (χ1) is 6.50. The lowest BCUT2D eigenvalue weighted by molar-refractivity contribution is 0.761. The van der Waals surface area contributed by atoms with E-state index < -0.39 is 0 Å². The zero-order valence-electron chi connectivity index (χ0n) is 8.15. The van der Waals surface area contributed by atoms with Gasteiger partial charge in [-0.1, -0.05) is 48.6 Å². The van der Waals surface area contributed by atoms with Crippen LogP contribution in [0, 0.1) is 0 Å². The van der Waals surface area contributed by atoms with E-state index in [0.29, 0.717) is 0 Å². The Labute approximate surface area is 81.4 Å². The summed E-state index contributed by atoms with van der Waals surface area (Å²) >= 11 is 0. The van der Waals surface area contributed by atoms with E-state index in [1.807, 2.05) is 0 Å². The van der Waals surface area contributed by atoms with Crippen molar-refractivity contribution >= 4 is 0 Å². The van der Waals surface area contributed by atoms with Crippen LogP contribution >= 0.6 is 0 Å². The Kier molecular flexibility index (Phi) is 5.87. The molecule has 0 aliphatic heterocycles. The zero-order chi connectivity index (χ0) is 9.19. The molecule has 1 rings (SSSR count). The smallest absolute Gasteiger partial charge is 0.0166 e. The lowest BCUT2D eigenvalue weighted by atomic mass is 10.2. The predicted molar refractivity (Wildman–Crippen MR) is 59.6 cm³/mol. The minimum absolute atomic E-state index is 1.06. The van der Waals surface area contributed by atoms with Gasteiger partial charge in [-0.25, -0.2) is 0 Å². The molecule has 13 heavy (non-hydrogen) atoms. The SMILES string of the molecule is C1=C\C/C=C\CCCC\C=C/C=C/1. The van der Waals surface area contributed by atoms with Gasteiger partial charge in [0.25, 0.3) is 0 Å². The second-order valence-corrected chi connectivity index (χ2v) is 3.23. The Morgan fingerprint density at radius 3 is 2.08 bits per heavy atom. The molecule has 0 aromatic carbocycles. The monoisotopic (exact) mass is 174 g/mol. The van der Waals surface area contributed by atoms with Crippen molar-refractivity contribution in [2.75, 3.05) is 0 Å². The van der Waals surface area contributed by atoms with Gasteiger partial charge in [0.1, 0.15) is 0 Å². The van der Waals surface area contributed by atoms with Crippen molar-refractivity contribution < 1.29 is 0 Å². The Morgan fingerprint density at radius 1 is 0.538 bits per heavy atom. The van der Waals surface area contributed by atoms with E-state index >= 15 is 0 Å². The molecule has 0 radical (unpaired) electrons. The fourth-order valence-corrected chi connectivity index (χ4v) is 1.28. The normalized spacial score (nSPS) is 28.9. The molecule has 0 atom stereocenters. The molecule has 0 unspecified atom stereocenters. The summed E-state index contributed by atoms with van der Waals surface area (Å²) in [5.41, 5.74) is 0. The van der Waals surface area contributed by atoms with Crippen LogP contribution in [-0.2, 0) is 0 Å². The van der Waals surface area contributed by atoms with Crippen LogP contribution in [0.15, 0.2) is 48.6 Å². The fourth-order valence-electron chi connectivity index (χ4n) is 1.28. The van der Waals surface area contributed by atoms with Crippen LogP contribution in [0.3, 0.4) is 0 Å². The van der Waals surface area contributed by atoms with Gasteiger partial charge in [0, 0.05) is 0 Å². The molecule has 0 nitrogen and oxygen atoms in total. The molecular weight excluding hydrogens is 156 g/mol. The average molecular weight is 174 g/mol. The van der Waals surface area contributed by atoms with Gasteiger partial charge in [0.2, 0.25) is 0 Å². The van der Waals surface area contributed by atoms with Crippen molar-refractivity contribution in [1.29, 1.82) is 0 Å². The van der Waals surface area contributed by atoms with Crippen molar-refractivity contribution in [2.24, 2.45) is 0 Å². The molecule has 0 saturated carbocycles. The number of hydrogen-bond acceptors (Lipinski definition) is 0. The predicted octanol–water partition coefficient (Wildman–Crippen LogP) is 4.18. The maximum absolute atomic E-state index is 2.29. The van der Waals surface area contributed by atoms with Crippen molar-refractivity contribution in [3.05, 3.63) is 48.6 Å². The maximum atomic E-state index is 2.29. The third-order valence-electron chi connectivity index (χ3n) is 2.04. The molecule has 1 aliphatic carbocycles. The summed E-state index contributed by atoms with van der Waals surface area (Å²) in [5, 5.41) is 0. The Morgan fingerprint density at radius 2 is 1.23 bits per heavy atom. The molecule has 1 aliphatic rings. The summed E-state index contributed by atoms with van der Waals surface area (Å²) in [6.07, 6.45) is 23.5. The van der Waals surface area contributed by atoms with Gasteiger partial charge >= 0.3 is 0 Å². The second kappa shape index (κ2) is 7.60. The first-order valence-corrected chi connectivity index (χ1v) is 5.13. The minimum Gasteiger partial charge on any atom is -0.0882 e. The molecule has 0 aromatic rings. The van der Waals surface area contributed by atoms with Crippen molar-refractivity contribution in [2.45, 2.75) is 32.1 Å². The number of hydrogen-bond donors (Lipinski definition) is 0. The first-order valence-electron chi connectivity index (χ1n) is 5.13. The van der Waals surface area contributed by atoms with Crippen LogP contribution in [0.1, 0.15) is 32.1 Å². The summed E-state index contributed by atoms with van der Waals surface area (Å²) in [4.78, 5) is 0. The molecule has 70 valence electrons. The molecule has 0 heteroatoms. The molecule has 0 heterocycles. The number of allylic oxidation sites excluding steroid dienone is 8. The highest BCUT2D eigenvalue weighted by molar-refractivity contribution is 5.12. The first kappa shape index (κ1) is 10.0. The summed E-state index contributed by atoms with van der Waals surface area (Å²) < 4.78 is 0. The van der Waals surface area contributed by atoms with E-state index in [2.05, 4.69) is 48.6 Å². The van der Waals surface area contributed by atoms with Gasteiger partial charge in [-0.05, 0) is 32.1 Å². The van der Waals surface area contributed by atoms with Gasteiger partial charge in [-0.2, -0.15) is 0 Å². The van der Waals surface area contributed by atoms with Crippen molar-refractivity contribution in [3.8, 4) is 0 Å². The molecule has 0 bridgehead atoms. The van der Waals surface area contributed by atoms with E-state index in [1.165, 1.54) is 25.7 Å². The van der Waals surface area contributed by atoms with E-state index in [4.69, 9.17) is 0 Å². The zero-order valence-corrected chi connectivity index (χ0v) is 8.15.